The third-order valence-electron chi connectivity index (χ3n) is 5.71. The molecule has 3 rings (SSSR count). The maximum Gasteiger partial charge on any atom is 0.246 e. The lowest BCUT2D eigenvalue weighted by molar-refractivity contribution is -0.140. The van der Waals surface area contributed by atoms with E-state index in [1.54, 1.807) is 35.0 Å². The predicted molar refractivity (Wildman–Crippen MR) is 114 cm³/mol. The molecule has 0 aromatic heterocycles. The first kappa shape index (κ1) is 21.5. The van der Waals surface area contributed by atoms with Gasteiger partial charge in [0.05, 0.1) is 17.9 Å². The quantitative estimate of drug-likeness (QED) is 0.761. The number of anilines is 2. The third-order valence-corrected chi connectivity index (χ3v) is 5.71. The molecule has 1 N–H and O–H groups in total. The van der Waals surface area contributed by atoms with Gasteiger partial charge < -0.3 is 20.0 Å². The largest absolute Gasteiger partial charge is 0.339 e. The van der Waals surface area contributed by atoms with E-state index in [0.29, 0.717) is 37.3 Å². The minimum atomic E-state index is -0.321. The lowest BCUT2D eigenvalue weighted by Gasteiger charge is -2.34. The normalized spacial score (nSPS) is 19.4. The van der Waals surface area contributed by atoms with Crippen molar-refractivity contribution in [2.45, 2.75) is 32.2 Å². The van der Waals surface area contributed by atoms with Gasteiger partial charge in [0, 0.05) is 38.5 Å². The zero-order valence-corrected chi connectivity index (χ0v) is 17.5. The molecule has 30 heavy (non-hydrogen) atoms. The number of amides is 4. The number of piperidine rings is 1. The summed E-state index contributed by atoms with van der Waals surface area (Å²) in [6.07, 6.45) is 2.61. The Labute approximate surface area is 176 Å². The highest BCUT2D eigenvalue weighted by molar-refractivity contribution is 6.05. The molecule has 2 heterocycles. The molecule has 0 radical (unpaired) electrons. The second-order valence-electron chi connectivity index (χ2n) is 7.88. The minimum absolute atomic E-state index is 0.0719. The Morgan fingerprint density at radius 2 is 1.90 bits per heavy atom. The molecule has 0 saturated carbocycles. The number of para-hydroxylation sites is 2. The fourth-order valence-corrected chi connectivity index (χ4v) is 4.11. The van der Waals surface area contributed by atoms with Gasteiger partial charge in [0.15, 0.2) is 0 Å². The topological polar surface area (TPSA) is 90.0 Å². The molecule has 2 aliphatic heterocycles. The van der Waals surface area contributed by atoms with E-state index in [2.05, 4.69) is 11.9 Å². The fraction of sp³-hybridized carbons (Fsp3) is 0.455. The summed E-state index contributed by atoms with van der Waals surface area (Å²) in [5.74, 6) is -0.814. The van der Waals surface area contributed by atoms with Crippen LogP contribution in [0.4, 0.5) is 11.4 Å². The summed E-state index contributed by atoms with van der Waals surface area (Å²) in [4.78, 5) is 54.6. The van der Waals surface area contributed by atoms with Crippen molar-refractivity contribution in [2.75, 3.05) is 36.9 Å². The smallest absolute Gasteiger partial charge is 0.246 e. The number of carbonyl (C=O) groups excluding carboxylic acids is 4. The van der Waals surface area contributed by atoms with Crippen molar-refractivity contribution in [3.05, 3.63) is 36.9 Å². The van der Waals surface area contributed by atoms with E-state index in [4.69, 9.17) is 0 Å². The van der Waals surface area contributed by atoms with Crippen molar-refractivity contribution in [2.24, 2.45) is 5.92 Å². The van der Waals surface area contributed by atoms with E-state index in [0.717, 1.165) is 0 Å². The number of nitrogens with zero attached hydrogens (tertiary/aromatic N) is 3. The maximum atomic E-state index is 13.1. The molecule has 1 aromatic carbocycles. The number of rotatable bonds is 4. The van der Waals surface area contributed by atoms with Gasteiger partial charge >= 0.3 is 0 Å². The van der Waals surface area contributed by atoms with Crippen LogP contribution in [0.15, 0.2) is 36.9 Å². The third kappa shape index (κ3) is 4.53. The van der Waals surface area contributed by atoms with Crippen molar-refractivity contribution in [3.63, 3.8) is 0 Å². The maximum absolute atomic E-state index is 13.1. The average molecular weight is 412 g/mol. The van der Waals surface area contributed by atoms with Crippen LogP contribution in [0.5, 0.6) is 0 Å². The van der Waals surface area contributed by atoms with Crippen LogP contribution >= 0.6 is 0 Å². The molecule has 0 spiro atoms. The van der Waals surface area contributed by atoms with Crippen LogP contribution < -0.4 is 10.2 Å². The summed E-state index contributed by atoms with van der Waals surface area (Å²) in [6, 6.07) is 6.85. The number of fused-ring (bicyclic) bond motifs is 1. The van der Waals surface area contributed by atoms with Gasteiger partial charge in [-0.25, -0.2) is 0 Å². The Morgan fingerprint density at radius 3 is 2.57 bits per heavy atom. The molecule has 0 bridgehead atoms. The van der Waals surface area contributed by atoms with Crippen molar-refractivity contribution in [3.8, 4) is 0 Å². The van der Waals surface area contributed by atoms with Crippen LogP contribution in [0.3, 0.4) is 0 Å². The highest BCUT2D eigenvalue weighted by atomic mass is 16.2. The van der Waals surface area contributed by atoms with Crippen LogP contribution in [0.1, 0.15) is 26.2 Å². The zero-order chi connectivity index (χ0) is 21.8. The standard InChI is InChI=1S/C22H28N4O4/c1-4-20(28)25-11-9-16(10-12-25)22(30)24(3)14-21(29)26-15(2)13-19(27)23-17-7-5-6-8-18(17)26/h4-8,15-16H,1,9-14H2,2-3H3,(H,23,27). The van der Waals surface area contributed by atoms with Crippen LogP contribution in [0.2, 0.25) is 0 Å². The van der Waals surface area contributed by atoms with E-state index < -0.39 is 0 Å². The number of hydrogen-bond acceptors (Lipinski definition) is 4. The summed E-state index contributed by atoms with van der Waals surface area (Å²) in [5, 5.41) is 2.83. The van der Waals surface area contributed by atoms with Gasteiger partial charge in [-0.1, -0.05) is 18.7 Å². The molecule has 2 aliphatic rings. The first-order chi connectivity index (χ1) is 14.3. The molecule has 4 amide bonds. The van der Waals surface area contributed by atoms with E-state index in [9.17, 15) is 19.2 Å². The van der Waals surface area contributed by atoms with Crippen LogP contribution in [-0.4, -0.2) is 66.2 Å². The van der Waals surface area contributed by atoms with Gasteiger partial charge in [0.2, 0.25) is 23.6 Å². The lowest BCUT2D eigenvalue weighted by Crippen LogP contribution is -2.48. The molecular weight excluding hydrogens is 384 g/mol. The number of likely N-dealkylation sites (N-methyl/N-ethyl adjacent to an activating group) is 1. The molecule has 1 saturated heterocycles. The minimum Gasteiger partial charge on any atom is -0.339 e. The molecule has 0 aliphatic carbocycles. The molecule has 1 fully saturated rings. The zero-order valence-electron chi connectivity index (χ0n) is 17.5. The van der Waals surface area contributed by atoms with E-state index in [1.807, 2.05) is 13.0 Å². The Bertz CT molecular complexity index is 860. The van der Waals surface area contributed by atoms with Crippen molar-refractivity contribution < 1.29 is 19.2 Å². The number of nitrogens with one attached hydrogen (secondary N) is 1. The molecule has 160 valence electrons. The second-order valence-corrected chi connectivity index (χ2v) is 7.88. The molecular formula is C22H28N4O4. The van der Waals surface area contributed by atoms with E-state index in [1.165, 1.54) is 11.0 Å². The Hall–Kier alpha value is -3.16. The summed E-state index contributed by atoms with van der Waals surface area (Å²) in [7, 11) is 1.62. The van der Waals surface area contributed by atoms with Gasteiger partial charge in [-0.3, -0.25) is 19.2 Å². The van der Waals surface area contributed by atoms with Gasteiger partial charge in [-0.2, -0.15) is 0 Å². The molecule has 1 aromatic rings. The molecule has 8 nitrogen and oxygen atoms in total. The highest BCUT2D eigenvalue weighted by Gasteiger charge is 2.33. The summed E-state index contributed by atoms with van der Waals surface area (Å²) in [6.45, 7) is 6.26. The average Bonchev–Trinajstić information content (AvgIpc) is 2.86. The number of likely N-dealkylation sites (tertiary alicyclic amines) is 1. The monoisotopic (exact) mass is 412 g/mol. The Balaban J connectivity index is 1.66. The van der Waals surface area contributed by atoms with Gasteiger partial charge in [-0.15, -0.1) is 0 Å². The predicted octanol–water partition coefficient (Wildman–Crippen LogP) is 1.63. The SMILES string of the molecule is C=CC(=O)N1CCC(C(=O)N(C)CC(=O)N2c3ccccc3NC(=O)CC2C)CC1. The Kier molecular flexibility index (Phi) is 6.54. The molecule has 8 heteroatoms. The number of benzene rings is 1. The first-order valence-corrected chi connectivity index (χ1v) is 10.2. The Morgan fingerprint density at radius 1 is 1.23 bits per heavy atom. The van der Waals surface area contributed by atoms with Crippen molar-refractivity contribution >= 4 is 35.0 Å². The fourth-order valence-electron chi connectivity index (χ4n) is 4.11. The highest BCUT2D eigenvalue weighted by Crippen LogP contribution is 2.31. The summed E-state index contributed by atoms with van der Waals surface area (Å²) in [5.41, 5.74) is 1.23. The van der Waals surface area contributed by atoms with E-state index >= 15 is 0 Å². The van der Waals surface area contributed by atoms with Crippen molar-refractivity contribution in [1.82, 2.24) is 9.80 Å². The number of carbonyl (C=O) groups is 4. The van der Waals surface area contributed by atoms with Crippen molar-refractivity contribution in [1.29, 1.82) is 0 Å². The molecule has 1 atom stereocenters. The van der Waals surface area contributed by atoms with Crippen LogP contribution in [-0.2, 0) is 19.2 Å². The number of hydrogen-bond donors (Lipinski definition) is 1. The van der Waals surface area contributed by atoms with Crippen LogP contribution in [0, 0.1) is 5.92 Å². The summed E-state index contributed by atoms with van der Waals surface area (Å²) < 4.78 is 0. The van der Waals surface area contributed by atoms with Gasteiger partial charge in [0.1, 0.15) is 0 Å². The lowest BCUT2D eigenvalue weighted by atomic mass is 9.95. The first-order valence-electron chi connectivity index (χ1n) is 10.2. The second kappa shape index (κ2) is 9.11. The van der Waals surface area contributed by atoms with Crippen LogP contribution in [0.25, 0.3) is 0 Å². The van der Waals surface area contributed by atoms with Gasteiger partial charge in [0.25, 0.3) is 0 Å². The molecule has 1 unspecified atom stereocenters. The van der Waals surface area contributed by atoms with E-state index in [-0.39, 0.29) is 48.6 Å². The van der Waals surface area contributed by atoms with Gasteiger partial charge in [-0.05, 0) is 38.0 Å². The summed E-state index contributed by atoms with van der Waals surface area (Å²) >= 11 is 0.